The molecule has 0 fully saturated rings. The first kappa shape index (κ1) is 13.0. The van der Waals surface area contributed by atoms with Crippen LogP contribution in [0.3, 0.4) is 0 Å². The molecule has 1 aromatic heterocycles. The quantitative estimate of drug-likeness (QED) is 0.583. The molecule has 0 aromatic carbocycles. The van der Waals surface area contributed by atoms with E-state index in [4.69, 9.17) is 16.3 Å². The fourth-order valence-corrected chi connectivity index (χ4v) is 1.75. The van der Waals surface area contributed by atoms with Gasteiger partial charge in [-0.2, -0.15) is 15.0 Å². The molecule has 1 heterocycles. The first-order valence-corrected chi connectivity index (χ1v) is 5.67. The average Bonchev–Trinajstić information content (AvgIpc) is 2.28. The van der Waals surface area contributed by atoms with Crippen LogP contribution in [-0.2, 0) is 9.53 Å². The van der Waals surface area contributed by atoms with Crippen LogP contribution in [0.25, 0.3) is 0 Å². The number of nitrogens with zero attached hydrogens (tertiary/aromatic N) is 3. The molecule has 0 N–H and O–H groups in total. The smallest absolute Gasteiger partial charge is 0.321 e. The number of esters is 1. The van der Waals surface area contributed by atoms with E-state index in [9.17, 15) is 4.79 Å². The van der Waals surface area contributed by atoms with Crippen LogP contribution in [0.4, 0.5) is 0 Å². The van der Waals surface area contributed by atoms with Gasteiger partial charge in [0.05, 0.1) is 20.6 Å². The lowest BCUT2D eigenvalue weighted by molar-refractivity contribution is -0.140. The maximum Gasteiger partial charge on any atom is 0.321 e. The Kier molecular flexibility index (Phi) is 5.27. The summed E-state index contributed by atoms with van der Waals surface area (Å²) in [5.74, 6) is 0.232. The highest BCUT2D eigenvalue weighted by atomic mass is 35.5. The van der Waals surface area contributed by atoms with Gasteiger partial charge in [0.25, 0.3) is 0 Å². The largest absolute Gasteiger partial charge is 0.469 e. The number of hydrogen-bond donors (Lipinski definition) is 0. The van der Waals surface area contributed by atoms with Crippen LogP contribution < -0.4 is 4.74 Å². The molecule has 0 unspecified atom stereocenters. The first-order chi connectivity index (χ1) is 7.65. The molecule has 0 aliphatic rings. The minimum atomic E-state index is -0.278. The summed E-state index contributed by atoms with van der Waals surface area (Å²) in [4.78, 5) is 22.4. The van der Waals surface area contributed by atoms with Gasteiger partial charge >= 0.3 is 12.0 Å². The zero-order chi connectivity index (χ0) is 12.0. The van der Waals surface area contributed by atoms with Crippen molar-refractivity contribution in [2.24, 2.45) is 0 Å². The lowest BCUT2D eigenvalue weighted by atomic mass is 10.5. The Balaban J connectivity index is 2.53. The molecular weight excluding hydrogens is 254 g/mol. The minimum absolute atomic E-state index is 0.0624. The fraction of sp³-hybridized carbons (Fsp3) is 0.500. The Hall–Kier alpha value is -1.08. The lowest BCUT2D eigenvalue weighted by Crippen LogP contribution is -2.02. The van der Waals surface area contributed by atoms with E-state index in [0.29, 0.717) is 10.9 Å². The topological polar surface area (TPSA) is 74.2 Å². The van der Waals surface area contributed by atoms with Gasteiger partial charge in [0.15, 0.2) is 5.16 Å². The molecule has 0 aliphatic heterocycles. The highest BCUT2D eigenvalue weighted by Crippen LogP contribution is 2.18. The second kappa shape index (κ2) is 6.49. The van der Waals surface area contributed by atoms with Gasteiger partial charge in [0.2, 0.25) is 5.28 Å². The van der Waals surface area contributed by atoms with Crippen molar-refractivity contribution in [2.75, 3.05) is 20.0 Å². The van der Waals surface area contributed by atoms with Crippen molar-refractivity contribution in [3.05, 3.63) is 5.28 Å². The number of carbonyl (C=O) groups excluding carboxylic acids is 1. The number of halogens is 1. The number of aromatic nitrogens is 3. The molecule has 0 saturated carbocycles. The minimum Gasteiger partial charge on any atom is -0.469 e. The van der Waals surface area contributed by atoms with Gasteiger partial charge in [-0.1, -0.05) is 11.8 Å². The molecule has 1 rings (SSSR count). The molecule has 0 radical (unpaired) electrons. The summed E-state index contributed by atoms with van der Waals surface area (Å²) in [6.45, 7) is 0. The predicted molar refractivity (Wildman–Crippen MR) is 58.7 cm³/mol. The van der Waals surface area contributed by atoms with Crippen LogP contribution in [0.15, 0.2) is 5.16 Å². The van der Waals surface area contributed by atoms with Gasteiger partial charge in [-0.05, 0) is 11.6 Å². The van der Waals surface area contributed by atoms with E-state index in [0.717, 1.165) is 0 Å². The van der Waals surface area contributed by atoms with E-state index in [1.807, 2.05) is 0 Å². The van der Waals surface area contributed by atoms with E-state index in [-0.39, 0.29) is 23.7 Å². The molecule has 0 saturated heterocycles. The number of methoxy groups -OCH3 is 2. The Morgan fingerprint density at radius 3 is 2.75 bits per heavy atom. The number of hydrogen-bond acceptors (Lipinski definition) is 7. The van der Waals surface area contributed by atoms with Crippen molar-refractivity contribution in [1.29, 1.82) is 0 Å². The van der Waals surface area contributed by atoms with Crippen molar-refractivity contribution >= 4 is 29.3 Å². The van der Waals surface area contributed by atoms with Crippen molar-refractivity contribution in [3.63, 3.8) is 0 Å². The number of carbonyl (C=O) groups is 1. The number of rotatable bonds is 5. The summed E-state index contributed by atoms with van der Waals surface area (Å²) in [5.41, 5.74) is 0. The van der Waals surface area contributed by atoms with Crippen molar-refractivity contribution in [1.82, 2.24) is 15.0 Å². The zero-order valence-corrected chi connectivity index (χ0v) is 10.3. The SMILES string of the molecule is COC(=O)CCSc1nc(Cl)nc(OC)n1. The third-order valence-corrected chi connectivity index (χ3v) is 2.53. The molecule has 0 spiro atoms. The first-order valence-electron chi connectivity index (χ1n) is 4.31. The van der Waals surface area contributed by atoms with E-state index in [1.54, 1.807) is 0 Å². The van der Waals surface area contributed by atoms with Crippen LogP contribution in [-0.4, -0.2) is 40.9 Å². The Labute approximate surface area is 102 Å². The van der Waals surface area contributed by atoms with Crippen LogP contribution >= 0.6 is 23.4 Å². The van der Waals surface area contributed by atoms with E-state index < -0.39 is 0 Å². The molecular formula is C8H10ClN3O3S. The number of thioether (sulfide) groups is 1. The molecule has 1 aromatic rings. The standard InChI is InChI=1S/C8H10ClN3O3S/c1-14-5(13)3-4-16-8-11-6(9)10-7(12-8)15-2/h3-4H2,1-2H3. The van der Waals surface area contributed by atoms with Crippen LogP contribution in [0, 0.1) is 0 Å². The Morgan fingerprint density at radius 2 is 2.12 bits per heavy atom. The summed E-state index contributed by atoms with van der Waals surface area (Å²) in [5, 5.41) is 0.480. The average molecular weight is 264 g/mol. The van der Waals surface area contributed by atoms with E-state index >= 15 is 0 Å². The van der Waals surface area contributed by atoms with Crippen LogP contribution in [0.5, 0.6) is 6.01 Å². The molecule has 88 valence electrons. The van der Waals surface area contributed by atoms with Gasteiger partial charge in [0, 0.05) is 5.75 Å². The molecule has 0 amide bonds. The van der Waals surface area contributed by atoms with Crippen molar-refractivity contribution in [3.8, 4) is 6.01 Å². The summed E-state index contributed by atoms with van der Waals surface area (Å²) >= 11 is 6.93. The van der Waals surface area contributed by atoms with Gasteiger partial charge < -0.3 is 9.47 Å². The van der Waals surface area contributed by atoms with Gasteiger partial charge in [-0.3, -0.25) is 4.79 Å². The molecule has 6 nitrogen and oxygen atoms in total. The van der Waals surface area contributed by atoms with Crippen molar-refractivity contribution in [2.45, 2.75) is 11.6 Å². The summed E-state index contributed by atoms with van der Waals surface area (Å²) in [7, 11) is 2.78. The Bertz CT molecular complexity index is 378. The Morgan fingerprint density at radius 1 is 1.38 bits per heavy atom. The normalized spacial score (nSPS) is 9.94. The van der Waals surface area contributed by atoms with Crippen LogP contribution in [0.2, 0.25) is 5.28 Å². The second-order valence-electron chi connectivity index (χ2n) is 2.55. The number of ether oxygens (including phenoxy) is 2. The second-order valence-corrected chi connectivity index (χ2v) is 3.95. The van der Waals surface area contributed by atoms with E-state index in [2.05, 4.69) is 19.7 Å². The van der Waals surface area contributed by atoms with Gasteiger partial charge in [0.1, 0.15) is 0 Å². The van der Waals surface area contributed by atoms with Gasteiger partial charge in [-0.15, -0.1) is 0 Å². The summed E-state index contributed by atoms with van der Waals surface area (Å²) < 4.78 is 9.33. The third kappa shape index (κ3) is 4.19. The molecule has 0 atom stereocenters. The maximum atomic E-state index is 10.9. The third-order valence-electron chi connectivity index (χ3n) is 1.51. The molecule has 0 bridgehead atoms. The molecule has 16 heavy (non-hydrogen) atoms. The monoisotopic (exact) mass is 263 g/mol. The van der Waals surface area contributed by atoms with Gasteiger partial charge in [-0.25, -0.2) is 0 Å². The maximum absolute atomic E-state index is 10.9. The lowest BCUT2D eigenvalue weighted by Gasteiger charge is -2.02. The summed E-state index contributed by atoms with van der Waals surface area (Å²) in [6, 6.07) is 0.153. The highest BCUT2D eigenvalue weighted by Gasteiger charge is 2.07. The zero-order valence-electron chi connectivity index (χ0n) is 8.77. The fourth-order valence-electron chi connectivity index (χ4n) is 0.798. The predicted octanol–water partition coefficient (Wildman–Crippen LogP) is 1.19. The molecule has 8 heteroatoms. The van der Waals surface area contributed by atoms with E-state index in [1.165, 1.54) is 26.0 Å². The highest BCUT2D eigenvalue weighted by molar-refractivity contribution is 7.99. The molecule has 0 aliphatic carbocycles. The van der Waals surface area contributed by atoms with Crippen LogP contribution in [0.1, 0.15) is 6.42 Å². The van der Waals surface area contributed by atoms with Crippen molar-refractivity contribution < 1.29 is 14.3 Å². The summed E-state index contributed by atoms with van der Waals surface area (Å²) in [6.07, 6.45) is 0.285.